The summed E-state index contributed by atoms with van der Waals surface area (Å²) in [5.41, 5.74) is 1.24. The van der Waals surface area contributed by atoms with Crippen molar-refractivity contribution in [3.63, 3.8) is 0 Å². The molecule has 1 aliphatic heterocycles. The van der Waals surface area contributed by atoms with E-state index in [1.165, 1.54) is 37.7 Å². The highest BCUT2D eigenvalue weighted by Gasteiger charge is 2.24. The number of nitrogens with one attached hydrogen (secondary N) is 1. The Balaban J connectivity index is 0.00000280. The number of guanidine groups is 1. The van der Waals surface area contributed by atoms with Crippen molar-refractivity contribution in [2.75, 3.05) is 39.9 Å². The van der Waals surface area contributed by atoms with Crippen LogP contribution in [-0.4, -0.2) is 56.9 Å². The minimum absolute atomic E-state index is 0. The van der Waals surface area contributed by atoms with Crippen LogP contribution in [0.2, 0.25) is 0 Å². The maximum atomic E-state index is 5.93. The molecule has 3 rings (SSSR count). The van der Waals surface area contributed by atoms with Gasteiger partial charge in [0.05, 0.1) is 19.3 Å². The van der Waals surface area contributed by atoms with Crippen LogP contribution < -0.4 is 5.32 Å². The van der Waals surface area contributed by atoms with E-state index in [1.807, 2.05) is 13.1 Å². The maximum Gasteiger partial charge on any atom is 0.193 e. The predicted octanol–water partition coefficient (Wildman–Crippen LogP) is 4.07. The van der Waals surface area contributed by atoms with Gasteiger partial charge in [0.25, 0.3) is 0 Å². The van der Waals surface area contributed by atoms with Gasteiger partial charge in [-0.3, -0.25) is 4.99 Å². The van der Waals surface area contributed by atoms with Crippen molar-refractivity contribution in [1.29, 1.82) is 0 Å². The Morgan fingerprint density at radius 3 is 2.71 bits per heavy atom. The summed E-state index contributed by atoms with van der Waals surface area (Å²) in [7, 11) is 1.87. The van der Waals surface area contributed by atoms with E-state index in [2.05, 4.69) is 39.5 Å². The van der Waals surface area contributed by atoms with E-state index < -0.39 is 0 Å². The SMILES string of the molecule is CN=C(NCCCOC1CCCC1)N1CCC(COCc2ccccc2)C1.I. The third-order valence-electron chi connectivity index (χ3n) is 5.52. The van der Waals surface area contributed by atoms with E-state index in [0.717, 1.165) is 45.2 Å². The van der Waals surface area contributed by atoms with Gasteiger partial charge in [-0.1, -0.05) is 43.2 Å². The number of hydrogen-bond donors (Lipinski definition) is 1. The van der Waals surface area contributed by atoms with Crippen LogP contribution in [-0.2, 0) is 16.1 Å². The van der Waals surface area contributed by atoms with Crippen LogP contribution in [0.4, 0.5) is 0 Å². The second-order valence-electron chi connectivity index (χ2n) is 7.71. The monoisotopic (exact) mass is 501 g/mol. The topological polar surface area (TPSA) is 46.1 Å². The first-order valence-electron chi connectivity index (χ1n) is 10.5. The minimum Gasteiger partial charge on any atom is -0.378 e. The number of ether oxygens (including phenoxy) is 2. The zero-order valence-electron chi connectivity index (χ0n) is 17.1. The number of aliphatic imine (C=N–C) groups is 1. The van der Waals surface area contributed by atoms with Gasteiger partial charge in [0.2, 0.25) is 0 Å². The molecular formula is C22H36IN3O2. The van der Waals surface area contributed by atoms with Gasteiger partial charge in [-0.2, -0.15) is 0 Å². The molecule has 2 aliphatic rings. The Hall–Kier alpha value is -0.860. The molecule has 1 aromatic carbocycles. The number of hydrogen-bond acceptors (Lipinski definition) is 3. The Bertz CT molecular complexity index is 564. The fourth-order valence-corrected chi connectivity index (χ4v) is 3.99. The Labute approximate surface area is 187 Å². The molecule has 0 radical (unpaired) electrons. The smallest absolute Gasteiger partial charge is 0.193 e. The summed E-state index contributed by atoms with van der Waals surface area (Å²) >= 11 is 0. The van der Waals surface area contributed by atoms with Crippen LogP contribution in [0.1, 0.15) is 44.1 Å². The molecule has 1 saturated heterocycles. The van der Waals surface area contributed by atoms with Crippen molar-refractivity contribution in [1.82, 2.24) is 10.2 Å². The fourth-order valence-electron chi connectivity index (χ4n) is 3.99. The molecule has 1 N–H and O–H groups in total. The highest BCUT2D eigenvalue weighted by atomic mass is 127. The molecule has 158 valence electrons. The molecule has 28 heavy (non-hydrogen) atoms. The van der Waals surface area contributed by atoms with Crippen LogP contribution in [0, 0.1) is 5.92 Å². The molecule has 1 aromatic rings. The van der Waals surface area contributed by atoms with Gasteiger partial charge in [-0.25, -0.2) is 0 Å². The largest absolute Gasteiger partial charge is 0.378 e. The van der Waals surface area contributed by atoms with Crippen LogP contribution in [0.3, 0.4) is 0 Å². The lowest BCUT2D eigenvalue weighted by Gasteiger charge is -2.22. The maximum absolute atomic E-state index is 5.93. The molecule has 1 heterocycles. The number of nitrogens with zero attached hydrogens (tertiary/aromatic N) is 2. The first-order chi connectivity index (χ1) is 13.3. The lowest BCUT2D eigenvalue weighted by Crippen LogP contribution is -2.40. The van der Waals surface area contributed by atoms with Crippen molar-refractivity contribution >= 4 is 29.9 Å². The normalized spacial score (nSPS) is 20.4. The predicted molar refractivity (Wildman–Crippen MR) is 125 cm³/mol. The third kappa shape index (κ3) is 7.87. The second-order valence-corrected chi connectivity index (χ2v) is 7.71. The molecular weight excluding hydrogens is 465 g/mol. The van der Waals surface area contributed by atoms with E-state index in [0.29, 0.717) is 18.6 Å². The van der Waals surface area contributed by atoms with Gasteiger partial charge in [-0.05, 0) is 31.2 Å². The number of halogens is 1. The number of rotatable bonds is 9. The van der Waals surface area contributed by atoms with Crippen LogP contribution in [0.5, 0.6) is 0 Å². The van der Waals surface area contributed by atoms with Crippen molar-refractivity contribution in [3.05, 3.63) is 35.9 Å². The first kappa shape index (κ1) is 23.4. The van der Waals surface area contributed by atoms with Crippen LogP contribution in [0.15, 0.2) is 35.3 Å². The van der Waals surface area contributed by atoms with Crippen molar-refractivity contribution in [3.8, 4) is 0 Å². The summed E-state index contributed by atoms with van der Waals surface area (Å²) in [4.78, 5) is 6.81. The highest BCUT2D eigenvalue weighted by Crippen LogP contribution is 2.21. The van der Waals surface area contributed by atoms with E-state index in [1.54, 1.807) is 0 Å². The van der Waals surface area contributed by atoms with Crippen LogP contribution >= 0.6 is 24.0 Å². The molecule has 0 bridgehead atoms. The lowest BCUT2D eigenvalue weighted by molar-refractivity contribution is 0.0573. The van der Waals surface area contributed by atoms with Crippen molar-refractivity contribution in [2.24, 2.45) is 10.9 Å². The van der Waals surface area contributed by atoms with Gasteiger partial charge >= 0.3 is 0 Å². The summed E-state index contributed by atoms with van der Waals surface area (Å²) in [6, 6.07) is 10.4. The Kier molecular flexibility index (Phi) is 11.2. The summed E-state index contributed by atoms with van der Waals surface area (Å²) in [6.45, 7) is 5.36. The van der Waals surface area contributed by atoms with Crippen LogP contribution in [0.25, 0.3) is 0 Å². The molecule has 0 aromatic heterocycles. The number of benzene rings is 1. The van der Waals surface area contributed by atoms with Gasteiger partial charge in [0, 0.05) is 39.2 Å². The summed E-state index contributed by atoms with van der Waals surface area (Å²) in [5.74, 6) is 1.60. The Morgan fingerprint density at radius 1 is 1.18 bits per heavy atom. The molecule has 1 atom stereocenters. The second kappa shape index (κ2) is 13.4. The first-order valence-corrected chi connectivity index (χ1v) is 10.5. The highest BCUT2D eigenvalue weighted by molar-refractivity contribution is 14.0. The van der Waals surface area contributed by atoms with Gasteiger partial charge in [0.15, 0.2) is 5.96 Å². The van der Waals surface area contributed by atoms with E-state index in [4.69, 9.17) is 9.47 Å². The van der Waals surface area contributed by atoms with E-state index >= 15 is 0 Å². The molecule has 5 nitrogen and oxygen atoms in total. The van der Waals surface area contributed by atoms with E-state index in [-0.39, 0.29) is 24.0 Å². The molecule has 1 aliphatic carbocycles. The fraction of sp³-hybridized carbons (Fsp3) is 0.682. The summed E-state index contributed by atoms with van der Waals surface area (Å²) in [6.07, 6.45) is 7.88. The van der Waals surface area contributed by atoms with Gasteiger partial charge < -0.3 is 19.7 Å². The molecule has 1 unspecified atom stereocenters. The molecule has 6 heteroatoms. The third-order valence-corrected chi connectivity index (χ3v) is 5.52. The number of likely N-dealkylation sites (tertiary alicyclic amines) is 1. The minimum atomic E-state index is 0. The van der Waals surface area contributed by atoms with E-state index in [9.17, 15) is 0 Å². The lowest BCUT2D eigenvalue weighted by atomic mass is 10.1. The standard InChI is InChI=1S/C22H35N3O2.HI/c1-23-22(24-13-7-15-27-21-10-5-6-11-21)25-14-12-20(16-25)18-26-17-19-8-3-2-4-9-19;/h2-4,8-9,20-21H,5-7,10-18H2,1H3,(H,23,24);1H. The molecule has 0 amide bonds. The quantitative estimate of drug-likeness (QED) is 0.240. The zero-order valence-corrected chi connectivity index (χ0v) is 19.5. The Morgan fingerprint density at radius 2 is 1.96 bits per heavy atom. The zero-order chi connectivity index (χ0) is 18.7. The summed E-state index contributed by atoms with van der Waals surface area (Å²) in [5, 5.41) is 3.49. The van der Waals surface area contributed by atoms with Gasteiger partial charge in [0.1, 0.15) is 0 Å². The molecule has 1 saturated carbocycles. The molecule has 0 spiro atoms. The average Bonchev–Trinajstić information content (AvgIpc) is 3.38. The van der Waals surface area contributed by atoms with Crippen molar-refractivity contribution < 1.29 is 9.47 Å². The molecule has 2 fully saturated rings. The average molecular weight is 501 g/mol. The summed E-state index contributed by atoms with van der Waals surface area (Å²) < 4.78 is 11.9. The van der Waals surface area contributed by atoms with Crippen molar-refractivity contribution in [2.45, 2.75) is 51.2 Å². The van der Waals surface area contributed by atoms with Gasteiger partial charge in [-0.15, -0.1) is 24.0 Å².